The summed E-state index contributed by atoms with van der Waals surface area (Å²) in [5.74, 6) is 0.467. The molecule has 2 aliphatic heterocycles. The van der Waals surface area contributed by atoms with Crippen molar-refractivity contribution < 1.29 is 14.4 Å². The van der Waals surface area contributed by atoms with E-state index in [2.05, 4.69) is 15.3 Å². The molecule has 2 aliphatic rings. The van der Waals surface area contributed by atoms with E-state index >= 15 is 0 Å². The predicted molar refractivity (Wildman–Crippen MR) is 89.9 cm³/mol. The van der Waals surface area contributed by atoms with E-state index in [9.17, 15) is 14.4 Å². The quantitative estimate of drug-likeness (QED) is 0.837. The molecule has 3 amide bonds. The fourth-order valence-electron chi connectivity index (χ4n) is 3.33. The Balaban J connectivity index is 1.70. The van der Waals surface area contributed by atoms with Crippen molar-refractivity contribution in [3.63, 3.8) is 0 Å². The number of rotatable bonds is 3. The number of carbonyl (C=O) groups is 3. The van der Waals surface area contributed by atoms with Crippen LogP contribution in [0.15, 0.2) is 6.20 Å². The number of fused-ring (bicyclic) bond motifs is 1. The van der Waals surface area contributed by atoms with E-state index in [4.69, 9.17) is 0 Å². The van der Waals surface area contributed by atoms with Crippen LogP contribution in [0.5, 0.6) is 0 Å². The first-order chi connectivity index (χ1) is 11.8. The standard InChI is InChI=1S/C17H23N5O3/c1-9(2)15-18-6-12(10(3)19-15)16(24)20-11-5-13-17(25)21(4)8-14(23)22(13)7-11/h6,9,11,13H,5,7-8H2,1-4H3,(H,20,24)/t11-,13+/m1/s1. The van der Waals surface area contributed by atoms with Gasteiger partial charge in [0.05, 0.1) is 17.8 Å². The zero-order valence-corrected chi connectivity index (χ0v) is 14.9. The van der Waals surface area contributed by atoms with E-state index in [0.29, 0.717) is 30.0 Å². The lowest BCUT2D eigenvalue weighted by Gasteiger charge is -2.33. The van der Waals surface area contributed by atoms with Gasteiger partial charge in [-0.1, -0.05) is 13.8 Å². The Morgan fingerprint density at radius 1 is 1.36 bits per heavy atom. The van der Waals surface area contributed by atoms with Gasteiger partial charge in [0, 0.05) is 31.7 Å². The molecule has 1 aromatic heterocycles. The average Bonchev–Trinajstić information content (AvgIpc) is 2.97. The third-order valence-electron chi connectivity index (χ3n) is 4.75. The van der Waals surface area contributed by atoms with E-state index in [1.54, 1.807) is 25.1 Å². The molecular weight excluding hydrogens is 322 g/mol. The normalized spacial score (nSPS) is 23.2. The van der Waals surface area contributed by atoms with Crippen molar-refractivity contribution in [2.75, 3.05) is 20.1 Å². The summed E-state index contributed by atoms with van der Waals surface area (Å²) in [5.41, 5.74) is 1.04. The highest BCUT2D eigenvalue weighted by molar-refractivity contribution is 5.97. The maximum Gasteiger partial charge on any atom is 0.254 e. The SMILES string of the molecule is Cc1nc(C(C)C)ncc1C(=O)N[C@@H]1C[C@H]2C(=O)N(C)CC(=O)N2C1. The fraction of sp³-hybridized carbons (Fsp3) is 0.588. The zero-order valence-electron chi connectivity index (χ0n) is 14.9. The van der Waals surface area contributed by atoms with Gasteiger partial charge in [-0.2, -0.15) is 0 Å². The van der Waals surface area contributed by atoms with Crippen molar-refractivity contribution in [1.29, 1.82) is 0 Å². The zero-order chi connectivity index (χ0) is 18.3. The van der Waals surface area contributed by atoms with Crippen molar-refractivity contribution >= 4 is 17.7 Å². The lowest BCUT2D eigenvalue weighted by Crippen LogP contribution is -2.55. The summed E-state index contributed by atoms with van der Waals surface area (Å²) in [5, 5.41) is 2.91. The fourth-order valence-corrected chi connectivity index (χ4v) is 3.33. The van der Waals surface area contributed by atoms with Gasteiger partial charge < -0.3 is 15.1 Å². The predicted octanol–water partition coefficient (Wildman–Crippen LogP) is 0.0797. The van der Waals surface area contributed by atoms with E-state index in [0.717, 1.165) is 0 Å². The minimum Gasteiger partial charge on any atom is -0.347 e. The number of amides is 3. The van der Waals surface area contributed by atoms with Gasteiger partial charge in [-0.05, 0) is 13.3 Å². The van der Waals surface area contributed by atoms with Crippen molar-refractivity contribution in [3.05, 3.63) is 23.3 Å². The number of nitrogens with zero attached hydrogens (tertiary/aromatic N) is 4. The molecule has 0 unspecified atom stereocenters. The Bertz CT molecular complexity index is 733. The van der Waals surface area contributed by atoms with Gasteiger partial charge in [-0.15, -0.1) is 0 Å². The van der Waals surface area contributed by atoms with E-state index < -0.39 is 6.04 Å². The minimum atomic E-state index is -0.475. The Morgan fingerprint density at radius 3 is 2.72 bits per heavy atom. The minimum absolute atomic E-state index is 0.0721. The highest BCUT2D eigenvalue weighted by atomic mass is 16.2. The number of aromatic nitrogens is 2. The molecule has 3 heterocycles. The molecule has 0 radical (unpaired) electrons. The lowest BCUT2D eigenvalue weighted by molar-refractivity contribution is -0.152. The van der Waals surface area contributed by atoms with Gasteiger partial charge in [0.15, 0.2) is 0 Å². The summed E-state index contributed by atoms with van der Waals surface area (Å²) in [6.45, 7) is 6.23. The second kappa shape index (κ2) is 6.42. The number of piperazine rings is 1. The molecule has 134 valence electrons. The summed E-state index contributed by atoms with van der Waals surface area (Å²) < 4.78 is 0. The van der Waals surface area contributed by atoms with Gasteiger partial charge >= 0.3 is 0 Å². The third kappa shape index (κ3) is 3.20. The van der Waals surface area contributed by atoms with Gasteiger partial charge in [0.1, 0.15) is 11.9 Å². The molecule has 2 atom stereocenters. The van der Waals surface area contributed by atoms with Crippen LogP contribution in [0.2, 0.25) is 0 Å². The van der Waals surface area contributed by atoms with Gasteiger partial charge in [0.25, 0.3) is 5.91 Å². The molecule has 0 aromatic carbocycles. The molecule has 1 N–H and O–H groups in total. The number of likely N-dealkylation sites (N-methyl/N-ethyl adjacent to an activating group) is 1. The Morgan fingerprint density at radius 2 is 2.08 bits per heavy atom. The van der Waals surface area contributed by atoms with Crippen molar-refractivity contribution in [3.8, 4) is 0 Å². The monoisotopic (exact) mass is 345 g/mol. The van der Waals surface area contributed by atoms with Gasteiger partial charge in [0.2, 0.25) is 11.8 Å². The van der Waals surface area contributed by atoms with Crippen molar-refractivity contribution in [1.82, 2.24) is 25.1 Å². The molecule has 0 saturated carbocycles. The Hall–Kier alpha value is -2.51. The molecule has 0 bridgehead atoms. The molecule has 25 heavy (non-hydrogen) atoms. The molecule has 0 aliphatic carbocycles. The second-order valence-electron chi connectivity index (χ2n) is 7.04. The molecule has 1 aromatic rings. The number of aryl methyl sites for hydroxylation is 1. The third-order valence-corrected chi connectivity index (χ3v) is 4.75. The van der Waals surface area contributed by atoms with Crippen molar-refractivity contribution in [2.45, 2.75) is 45.2 Å². The van der Waals surface area contributed by atoms with Crippen LogP contribution in [0.4, 0.5) is 0 Å². The van der Waals surface area contributed by atoms with E-state index in [-0.39, 0.29) is 36.2 Å². The Labute approximate surface area is 146 Å². The molecule has 3 rings (SSSR count). The van der Waals surface area contributed by atoms with Crippen LogP contribution in [0.3, 0.4) is 0 Å². The summed E-state index contributed by atoms with van der Waals surface area (Å²) in [6.07, 6.45) is 1.98. The Kier molecular flexibility index (Phi) is 4.45. The van der Waals surface area contributed by atoms with Crippen LogP contribution in [0.1, 0.15) is 48.1 Å². The van der Waals surface area contributed by atoms with Crippen LogP contribution in [-0.4, -0.2) is 69.7 Å². The first-order valence-electron chi connectivity index (χ1n) is 8.46. The summed E-state index contributed by atoms with van der Waals surface area (Å²) in [4.78, 5) is 48.5. The van der Waals surface area contributed by atoms with Crippen LogP contribution in [-0.2, 0) is 9.59 Å². The molecule has 0 spiro atoms. The molecule has 8 heteroatoms. The highest BCUT2D eigenvalue weighted by Crippen LogP contribution is 2.24. The lowest BCUT2D eigenvalue weighted by atomic mass is 10.1. The summed E-state index contributed by atoms with van der Waals surface area (Å²) in [6, 6.07) is -0.724. The number of hydrogen-bond acceptors (Lipinski definition) is 5. The smallest absolute Gasteiger partial charge is 0.254 e. The van der Waals surface area contributed by atoms with E-state index in [1.807, 2.05) is 13.8 Å². The molecule has 2 saturated heterocycles. The van der Waals surface area contributed by atoms with E-state index in [1.165, 1.54) is 4.90 Å². The summed E-state index contributed by atoms with van der Waals surface area (Å²) >= 11 is 0. The highest BCUT2D eigenvalue weighted by Gasteiger charge is 2.45. The van der Waals surface area contributed by atoms with Crippen LogP contribution >= 0.6 is 0 Å². The second-order valence-corrected chi connectivity index (χ2v) is 7.04. The average molecular weight is 345 g/mol. The number of carbonyl (C=O) groups excluding carboxylic acids is 3. The topological polar surface area (TPSA) is 95.5 Å². The van der Waals surface area contributed by atoms with Gasteiger partial charge in [-0.3, -0.25) is 14.4 Å². The maximum absolute atomic E-state index is 12.5. The maximum atomic E-state index is 12.5. The largest absolute Gasteiger partial charge is 0.347 e. The van der Waals surface area contributed by atoms with Gasteiger partial charge in [-0.25, -0.2) is 9.97 Å². The van der Waals surface area contributed by atoms with Crippen LogP contribution in [0.25, 0.3) is 0 Å². The number of hydrogen-bond donors (Lipinski definition) is 1. The van der Waals surface area contributed by atoms with Crippen LogP contribution in [0, 0.1) is 6.92 Å². The molecule has 8 nitrogen and oxygen atoms in total. The molecule has 2 fully saturated rings. The summed E-state index contributed by atoms with van der Waals surface area (Å²) in [7, 11) is 1.63. The number of nitrogens with one attached hydrogen (secondary N) is 1. The first kappa shape index (κ1) is 17.3. The first-order valence-corrected chi connectivity index (χ1v) is 8.46. The molecular formula is C17H23N5O3. The van der Waals surface area contributed by atoms with Crippen LogP contribution < -0.4 is 5.32 Å². The van der Waals surface area contributed by atoms with Crippen molar-refractivity contribution in [2.24, 2.45) is 0 Å².